The lowest BCUT2D eigenvalue weighted by atomic mass is 9.98. The molecule has 1 aliphatic rings. The molecule has 7 heteroatoms. The standard InChI is InChI=1S/C16H18ClNO4S/c1-22-16(21)15(11-4-2-3-5-12(11)17)18-7-6-13(23)10(9-18)8-14(19)20/h2-5,8,13,15,23H,6-7,9H2,1H3,(H,19,20)/b10-8+/i1D3. The quantitative estimate of drug-likeness (QED) is 0.492. The maximum Gasteiger partial charge on any atom is 0.328 e. The Kier molecular flexibility index (Phi) is 4.75. The van der Waals surface area contributed by atoms with Gasteiger partial charge in [0.1, 0.15) is 6.04 Å². The monoisotopic (exact) mass is 358 g/mol. The number of rotatable bonds is 4. The van der Waals surface area contributed by atoms with E-state index >= 15 is 0 Å². The smallest absolute Gasteiger partial charge is 0.328 e. The van der Waals surface area contributed by atoms with Gasteiger partial charge in [-0.3, -0.25) is 4.90 Å². The molecule has 1 saturated heterocycles. The van der Waals surface area contributed by atoms with Crippen molar-refractivity contribution >= 4 is 36.2 Å². The van der Waals surface area contributed by atoms with E-state index in [1.54, 1.807) is 29.2 Å². The van der Waals surface area contributed by atoms with Crippen LogP contribution in [0.15, 0.2) is 35.9 Å². The van der Waals surface area contributed by atoms with E-state index in [2.05, 4.69) is 17.4 Å². The molecule has 2 rings (SSSR count). The van der Waals surface area contributed by atoms with Crippen LogP contribution in [-0.4, -0.2) is 47.3 Å². The number of nitrogens with zero attached hydrogens (tertiary/aromatic N) is 1. The zero-order valence-electron chi connectivity index (χ0n) is 15.1. The molecule has 2 unspecified atom stereocenters. The SMILES string of the molecule is [2H]C([2H])([2H])OC(=O)C(c1ccccc1Cl)N1CCC(S)/C(=C/C(=O)O)C1. The van der Waals surface area contributed by atoms with Crippen molar-refractivity contribution in [3.05, 3.63) is 46.5 Å². The number of benzene rings is 1. The molecule has 23 heavy (non-hydrogen) atoms. The first kappa shape index (κ1) is 13.9. The molecule has 0 amide bonds. The number of thiol groups is 1. The molecule has 0 aromatic heterocycles. The van der Waals surface area contributed by atoms with Gasteiger partial charge in [0, 0.05) is 29.4 Å². The lowest BCUT2D eigenvalue weighted by Gasteiger charge is -2.36. The Bertz CT molecular complexity index is 726. The molecular formula is C16H18ClNO4S. The summed E-state index contributed by atoms with van der Waals surface area (Å²) in [6, 6.07) is 5.50. The second kappa shape index (κ2) is 7.86. The second-order valence-corrected chi connectivity index (χ2v) is 6.21. The molecule has 1 aromatic rings. The maximum atomic E-state index is 12.6. The summed E-state index contributed by atoms with van der Waals surface area (Å²) in [6.07, 6.45) is 1.55. The average Bonchev–Trinajstić information content (AvgIpc) is 2.50. The topological polar surface area (TPSA) is 66.8 Å². The van der Waals surface area contributed by atoms with Crippen LogP contribution < -0.4 is 0 Å². The molecule has 0 bridgehead atoms. The Hall–Kier alpha value is -1.50. The number of carboxylic acid groups (broad SMARTS) is 1. The molecule has 0 aliphatic carbocycles. The fourth-order valence-corrected chi connectivity index (χ4v) is 3.15. The van der Waals surface area contributed by atoms with E-state index in [-0.39, 0.29) is 16.8 Å². The summed E-state index contributed by atoms with van der Waals surface area (Å²) in [5.74, 6) is -2.08. The summed E-state index contributed by atoms with van der Waals surface area (Å²) >= 11 is 10.6. The number of aliphatic carboxylic acids is 1. The predicted molar refractivity (Wildman–Crippen MR) is 90.9 cm³/mol. The van der Waals surface area contributed by atoms with Gasteiger partial charge in [-0.2, -0.15) is 12.6 Å². The number of hydrogen-bond acceptors (Lipinski definition) is 5. The Morgan fingerprint density at radius 1 is 1.57 bits per heavy atom. The summed E-state index contributed by atoms with van der Waals surface area (Å²) < 4.78 is 26.2. The highest BCUT2D eigenvalue weighted by atomic mass is 35.5. The minimum atomic E-state index is -2.89. The van der Waals surface area contributed by atoms with Crippen LogP contribution >= 0.6 is 24.2 Å². The van der Waals surface area contributed by atoms with E-state index in [1.165, 1.54) is 0 Å². The molecule has 124 valence electrons. The Balaban J connectivity index is 2.39. The first-order valence-electron chi connectivity index (χ1n) is 8.41. The third kappa shape index (κ3) is 4.28. The third-order valence-electron chi connectivity index (χ3n) is 3.70. The third-order valence-corrected chi connectivity index (χ3v) is 4.64. The molecule has 1 heterocycles. The van der Waals surface area contributed by atoms with Crippen LogP contribution in [0, 0.1) is 0 Å². The molecule has 5 nitrogen and oxygen atoms in total. The number of carboxylic acids is 1. The van der Waals surface area contributed by atoms with E-state index in [0.29, 0.717) is 24.1 Å². The van der Waals surface area contributed by atoms with Crippen molar-refractivity contribution < 1.29 is 23.5 Å². The molecule has 1 aromatic carbocycles. The van der Waals surface area contributed by atoms with E-state index in [1.807, 2.05) is 0 Å². The lowest BCUT2D eigenvalue weighted by molar-refractivity contribution is -0.147. The van der Waals surface area contributed by atoms with Gasteiger partial charge < -0.3 is 9.84 Å². The number of esters is 1. The van der Waals surface area contributed by atoms with Crippen molar-refractivity contribution in [1.29, 1.82) is 0 Å². The number of piperidine rings is 1. The van der Waals surface area contributed by atoms with E-state index in [0.717, 1.165) is 6.08 Å². The maximum absolute atomic E-state index is 12.6. The zero-order valence-corrected chi connectivity index (χ0v) is 13.8. The normalized spacial score (nSPS) is 24.3. The number of carbonyl (C=O) groups excluding carboxylic acids is 1. The lowest BCUT2D eigenvalue weighted by Crippen LogP contribution is -2.42. The highest BCUT2D eigenvalue weighted by molar-refractivity contribution is 7.81. The summed E-state index contributed by atoms with van der Waals surface area (Å²) in [6.45, 7) is 0.531. The van der Waals surface area contributed by atoms with Gasteiger partial charge in [0.2, 0.25) is 0 Å². The molecular weight excluding hydrogens is 338 g/mol. The highest BCUT2D eigenvalue weighted by Gasteiger charge is 2.34. The summed E-state index contributed by atoms with van der Waals surface area (Å²) in [7, 11) is -2.89. The number of methoxy groups -OCH3 is 1. The van der Waals surface area contributed by atoms with Crippen LogP contribution in [0.3, 0.4) is 0 Å². The predicted octanol–water partition coefficient (Wildman–Crippen LogP) is 2.57. The summed E-state index contributed by atoms with van der Waals surface area (Å²) in [5.41, 5.74) is 0.918. The van der Waals surface area contributed by atoms with E-state index in [9.17, 15) is 9.59 Å². The van der Waals surface area contributed by atoms with Crippen molar-refractivity contribution in [2.75, 3.05) is 20.1 Å². The molecule has 0 radical (unpaired) electrons. The van der Waals surface area contributed by atoms with Crippen molar-refractivity contribution in [3.63, 3.8) is 0 Å². The van der Waals surface area contributed by atoms with Crippen molar-refractivity contribution in [2.45, 2.75) is 17.7 Å². The van der Waals surface area contributed by atoms with Crippen molar-refractivity contribution in [2.24, 2.45) is 0 Å². The minimum Gasteiger partial charge on any atom is -0.478 e. The van der Waals surface area contributed by atoms with Crippen LogP contribution in [-0.2, 0) is 14.3 Å². The number of likely N-dealkylation sites (tertiary alicyclic amines) is 1. The zero-order chi connectivity index (χ0) is 19.5. The highest BCUT2D eigenvalue weighted by Crippen LogP contribution is 2.33. The molecule has 1 aliphatic heterocycles. The van der Waals surface area contributed by atoms with Gasteiger partial charge in [0.15, 0.2) is 0 Å². The fourth-order valence-electron chi connectivity index (χ4n) is 2.64. The van der Waals surface area contributed by atoms with Gasteiger partial charge in [-0.05, 0) is 23.6 Å². The molecule has 1 N–H and O–H groups in total. The summed E-state index contributed by atoms with van der Waals surface area (Å²) in [4.78, 5) is 25.3. The van der Waals surface area contributed by atoms with Crippen LogP contribution in [0.25, 0.3) is 0 Å². The largest absolute Gasteiger partial charge is 0.478 e. The Morgan fingerprint density at radius 2 is 2.30 bits per heavy atom. The molecule has 0 saturated carbocycles. The minimum absolute atomic E-state index is 0.131. The van der Waals surface area contributed by atoms with Crippen LogP contribution in [0.5, 0.6) is 0 Å². The number of carbonyl (C=O) groups is 2. The van der Waals surface area contributed by atoms with Gasteiger partial charge >= 0.3 is 11.9 Å². The van der Waals surface area contributed by atoms with Gasteiger partial charge in [-0.15, -0.1) is 0 Å². The molecule has 0 spiro atoms. The van der Waals surface area contributed by atoms with E-state index < -0.39 is 25.0 Å². The summed E-state index contributed by atoms with van der Waals surface area (Å²) in [5, 5.41) is 9.05. The fraction of sp³-hybridized carbons (Fsp3) is 0.375. The van der Waals surface area contributed by atoms with Crippen LogP contribution in [0.1, 0.15) is 22.1 Å². The van der Waals surface area contributed by atoms with Crippen LogP contribution in [0.4, 0.5) is 0 Å². The first-order valence-corrected chi connectivity index (χ1v) is 7.80. The van der Waals surface area contributed by atoms with Crippen LogP contribution in [0.2, 0.25) is 5.02 Å². The van der Waals surface area contributed by atoms with Crippen molar-refractivity contribution in [3.8, 4) is 0 Å². The Morgan fingerprint density at radius 3 is 2.96 bits per heavy atom. The average molecular weight is 359 g/mol. The van der Waals surface area contributed by atoms with Gasteiger partial charge in [0.25, 0.3) is 0 Å². The van der Waals surface area contributed by atoms with Gasteiger partial charge in [-0.25, -0.2) is 9.59 Å². The number of ether oxygens (including phenoxy) is 1. The van der Waals surface area contributed by atoms with Gasteiger partial charge in [-0.1, -0.05) is 29.8 Å². The number of hydrogen-bond donors (Lipinski definition) is 2. The first-order chi connectivity index (χ1) is 12.1. The molecule has 2 atom stereocenters. The molecule has 1 fully saturated rings. The Labute approximate surface area is 149 Å². The van der Waals surface area contributed by atoms with E-state index in [4.69, 9.17) is 20.8 Å². The second-order valence-electron chi connectivity index (χ2n) is 5.18. The number of halogens is 1. The van der Waals surface area contributed by atoms with Gasteiger partial charge in [0.05, 0.1) is 11.2 Å². The van der Waals surface area contributed by atoms with Crippen molar-refractivity contribution in [1.82, 2.24) is 4.90 Å².